The van der Waals surface area contributed by atoms with E-state index >= 15 is 0 Å². The quantitative estimate of drug-likeness (QED) is 0.882. The molecule has 0 spiro atoms. The van der Waals surface area contributed by atoms with E-state index in [0.29, 0.717) is 19.6 Å². The molecular weight excluding hydrogens is 304 g/mol. The van der Waals surface area contributed by atoms with E-state index in [1.54, 1.807) is 7.05 Å². The molecule has 2 amide bonds. The molecule has 1 aliphatic rings. The second-order valence-corrected chi connectivity index (χ2v) is 7.81. The molecule has 0 unspecified atom stereocenters. The summed E-state index contributed by atoms with van der Waals surface area (Å²) in [6.07, 6.45) is 0.488. The number of carbonyl (C=O) groups excluding carboxylic acids is 1. The first kappa shape index (κ1) is 16.6. The van der Waals surface area contributed by atoms with Crippen LogP contribution in [-0.4, -0.2) is 57.1 Å². The van der Waals surface area contributed by atoms with Gasteiger partial charge in [-0.3, -0.25) is 0 Å². The minimum atomic E-state index is -2.98. The molecule has 0 saturated carbocycles. The van der Waals surface area contributed by atoms with E-state index in [1.165, 1.54) is 4.90 Å². The number of ether oxygens (including phenoxy) is 1. The van der Waals surface area contributed by atoms with Gasteiger partial charge in [0.15, 0.2) is 9.84 Å². The maximum absolute atomic E-state index is 12.0. The summed E-state index contributed by atoms with van der Waals surface area (Å²) in [6, 6.07) is 7.15. The van der Waals surface area contributed by atoms with Gasteiger partial charge in [0.25, 0.3) is 0 Å². The van der Waals surface area contributed by atoms with Crippen molar-refractivity contribution in [3.05, 3.63) is 29.8 Å². The molecule has 2 rings (SSSR count). The van der Waals surface area contributed by atoms with Crippen LogP contribution in [0.1, 0.15) is 12.0 Å². The Bertz CT molecular complexity index is 630. The zero-order valence-corrected chi connectivity index (χ0v) is 13.7. The van der Waals surface area contributed by atoms with Crippen LogP contribution in [0.5, 0.6) is 5.75 Å². The maximum atomic E-state index is 12.0. The number of nitrogens with zero attached hydrogens (tertiary/aromatic N) is 1. The van der Waals surface area contributed by atoms with E-state index in [0.717, 1.165) is 11.3 Å². The van der Waals surface area contributed by atoms with E-state index in [1.807, 2.05) is 31.2 Å². The Morgan fingerprint density at radius 2 is 2.14 bits per heavy atom. The summed E-state index contributed by atoms with van der Waals surface area (Å²) < 4.78 is 28.4. The first-order valence-corrected chi connectivity index (χ1v) is 9.10. The Morgan fingerprint density at radius 1 is 1.41 bits per heavy atom. The fourth-order valence-corrected chi connectivity index (χ4v) is 3.98. The number of rotatable bonds is 5. The third-order valence-electron chi connectivity index (χ3n) is 3.68. The van der Waals surface area contributed by atoms with Crippen LogP contribution in [0.2, 0.25) is 0 Å². The Balaban J connectivity index is 1.74. The fraction of sp³-hybridized carbons (Fsp3) is 0.533. The molecule has 1 fully saturated rings. The molecule has 1 atom stereocenters. The lowest BCUT2D eigenvalue weighted by atomic mass is 10.2. The van der Waals surface area contributed by atoms with Gasteiger partial charge in [0, 0.05) is 13.1 Å². The molecule has 1 aromatic carbocycles. The third-order valence-corrected chi connectivity index (χ3v) is 5.45. The summed E-state index contributed by atoms with van der Waals surface area (Å²) in [5, 5.41) is 2.75. The van der Waals surface area contributed by atoms with Crippen LogP contribution in [0.3, 0.4) is 0 Å². The van der Waals surface area contributed by atoms with Gasteiger partial charge >= 0.3 is 6.03 Å². The predicted molar refractivity (Wildman–Crippen MR) is 84.9 cm³/mol. The number of hydrogen-bond acceptors (Lipinski definition) is 4. The molecule has 0 aromatic heterocycles. The summed E-state index contributed by atoms with van der Waals surface area (Å²) in [4.78, 5) is 13.5. The zero-order chi connectivity index (χ0) is 16.2. The van der Waals surface area contributed by atoms with Crippen molar-refractivity contribution in [1.29, 1.82) is 0 Å². The van der Waals surface area contributed by atoms with Crippen molar-refractivity contribution in [3.63, 3.8) is 0 Å². The van der Waals surface area contributed by atoms with Gasteiger partial charge in [-0.25, -0.2) is 13.2 Å². The van der Waals surface area contributed by atoms with Gasteiger partial charge in [-0.2, -0.15) is 0 Å². The molecule has 0 aliphatic carbocycles. The minimum Gasteiger partial charge on any atom is -0.491 e. The number of aryl methyl sites for hydroxylation is 1. The van der Waals surface area contributed by atoms with E-state index in [4.69, 9.17) is 4.74 Å². The van der Waals surface area contributed by atoms with Crippen molar-refractivity contribution in [2.45, 2.75) is 19.4 Å². The molecule has 1 aliphatic heterocycles. The van der Waals surface area contributed by atoms with E-state index in [9.17, 15) is 13.2 Å². The number of benzene rings is 1. The molecule has 1 N–H and O–H groups in total. The molecule has 22 heavy (non-hydrogen) atoms. The maximum Gasteiger partial charge on any atom is 0.317 e. The summed E-state index contributed by atoms with van der Waals surface area (Å²) in [5.41, 5.74) is 1.05. The van der Waals surface area contributed by atoms with Crippen LogP contribution in [-0.2, 0) is 9.84 Å². The first-order valence-electron chi connectivity index (χ1n) is 7.28. The predicted octanol–water partition coefficient (Wildman–Crippen LogP) is 1.20. The third kappa shape index (κ3) is 4.62. The highest BCUT2D eigenvalue weighted by molar-refractivity contribution is 7.91. The van der Waals surface area contributed by atoms with E-state index in [2.05, 4.69) is 5.32 Å². The van der Waals surface area contributed by atoms with Gasteiger partial charge < -0.3 is 15.0 Å². The second kappa shape index (κ2) is 7.00. The highest BCUT2D eigenvalue weighted by Gasteiger charge is 2.29. The van der Waals surface area contributed by atoms with Crippen LogP contribution < -0.4 is 10.1 Å². The van der Waals surface area contributed by atoms with Gasteiger partial charge in [-0.05, 0) is 25.0 Å². The first-order chi connectivity index (χ1) is 10.4. The largest absolute Gasteiger partial charge is 0.491 e. The lowest BCUT2D eigenvalue weighted by molar-refractivity contribution is 0.192. The van der Waals surface area contributed by atoms with Crippen LogP contribution in [0.25, 0.3) is 0 Å². The molecule has 1 aromatic rings. The van der Waals surface area contributed by atoms with E-state index in [-0.39, 0.29) is 23.6 Å². The summed E-state index contributed by atoms with van der Waals surface area (Å²) in [6.45, 7) is 2.78. The average Bonchev–Trinajstić information content (AvgIpc) is 2.79. The second-order valence-electron chi connectivity index (χ2n) is 5.58. The smallest absolute Gasteiger partial charge is 0.317 e. The van der Waals surface area contributed by atoms with Gasteiger partial charge in [0.2, 0.25) is 0 Å². The Kier molecular flexibility index (Phi) is 5.28. The van der Waals surface area contributed by atoms with Gasteiger partial charge in [0.05, 0.1) is 18.1 Å². The van der Waals surface area contributed by atoms with Crippen LogP contribution in [0.15, 0.2) is 24.3 Å². The molecule has 122 valence electrons. The number of urea groups is 1. The van der Waals surface area contributed by atoms with Gasteiger partial charge in [0.1, 0.15) is 12.4 Å². The van der Waals surface area contributed by atoms with E-state index < -0.39 is 9.84 Å². The van der Waals surface area contributed by atoms with Gasteiger partial charge in [-0.15, -0.1) is 0 Å². The molecule has 6 nitrogen and oxygen atoms in total. The fourth-order valence-electron chi connectivity index (χ4n) is 2.31. The Morgan fingerprint density at radius 3 is 2.77 bits per heavy atom. The minimum absolute atomic E-state index is 0.0340. The summed E-state index contributed by atoms with van der Waals surface area (Å²) >= 11 is 0. The molecule has 1 saturated heterocycles. The number of hydrogen-bond donors (Lipinski definition) is 1. The molecule has 7 heteroatoms. The highest BCUT2D eigenvalue weighted by Crippen LogP contribution is 2.16. The number of para-hydroxylation sites is 1. The number of nitrogens with one attached hydrogen (secondary N) is 1. The highest BCUT2D eigenvalue weighted by atomic mass is 32.2. The number of carbonyl (C=O) groups is 1. The lowest BCUT2D eigenvalue weighted by Gasteiger charge is -2.20. The number of sulfone groups is 1. The lowest BCUT2D eigenvalue weighted by Crippen LogP contribution is -2.44. The van der Waals surface area contributed by atoms with Crippen LogP contribution >= 0.6 is 0 Å². The van der Waals surface area contributed by atoms with Crippen molar-refractivity contribution in [2.75, 3.05) is 31.7 Å². The zero-order valence-electron chi connectivity index (χ0n) is 12.9. The average molecular weight is 326 g/mol. The molecule has 0 bridgehead atoms. The Hall–Kier alpha value is -1.76. The van der Waals surface area contributed by atoms with Gasteiger partial charge in [-0.1, -0.05) is 18.2 Å². The number of amides is 2. The van der Waals surface area contributed by atoms with Crippen LogP contribution in [0, 0.1) is 6.92 Å². The summed E-state index contributed by atoms with van der Waals surface area (Å²) in [5.74, 6) is 0.989. The SMILES string of the molecule is Cc1ccccc1OCCN(C)C(=O)N[C@@H]1CCS(=O)(=O)C1. The molecular formula is C15H22N2O4S. The van der Waals surface area contributed by atoms with Crippen molar-refractivity contribution in [1.82, 2.24) is 10.2 Å². The van der Waals surface area contributed by atoms with Crippen LogP contribution in [0.4, 0.5) is 4.79 Å². The Labute approximate surface area is 131 Å². The van der Waals surface area contributed by atoms with Crippen molar-refractivity contribution >= 4 is 15.9 Å². The normalized spacial score (nSPS) is 19.6. The monoisotopic (exact) mass is 326 g/mol. The van der Waals surface area contributed by atoms with Crippen molar-refractivity contribution < 1.29 is 17.9 Å². The standard InChI is InChI=1S/C15H22N2O4S/c1-12-5-3-4-6-14(12)21-9-8-17(2)15(18)16-13-7-10-22(19,20)11-13/h3-6,13H,7-11H2,1-2H3,(H,16,18)/t13-/m1/s1. The molecule has 0 radical (unpaired) electrons. The van der Waals surface area contributed by atoms with Crippen molar-refractivity contribution in [3.8, 4) is 5.75 Å². The topological polar surface area (TPSA) is 75.7 Å². The molecule has 1 heterocycles. The van der Waals surface area contributed by atoms with Crippen molar-refractivity contribution in [2.24, 2.45) is 0 Å². The number of likely N-dealkylation sites (N-methyl/N-ethyl adjacent to an activating group) is 1. The summed E-state index contributed by atoms with van der Waals surface area (Å²) in [7, 11) is -1.32.